The molecule has 0 aliphatic carbocycles. The summed E-state index contributed by atoms with van der Waals surface area (Å²) in [5.41, 5.74) is 2.15. The fourth-order valence-corrected chi connectivity index (χ4v) is 2.93. The van der Waals surface area contributed by atoms with Gasteiger partial charge in [-0.05, 0) is 43.7 Å². The van der Waals surface area contributed by atoms with Gasteiger partial charge in [0, 0.05) is 17.0 Å². The number of benzene rings is 2. The lowest BCUT2D eigenvalue weighted by molar-refractivity contribution is -0.123. The number of nitrogens with one attached hydrogen (secondary N) is 2. The molecule has 0 spiro atoms. The predicted octanol–water partition coefficient (Wildman–Crippen LogP) is 3.60. The van der Waals surface area contributed by atoms with Crippen molar-refractivity contribution in [1.29, 1.82) is 0 Å². The molecule has 0 saturated carbocycles. The summed E-state index contributed by atoms with van der Waals surface area (Å²) in [6.45, 7) is 3.81. The second-order valence-corrected chi connectivity index (χ2v) is 7.13. The first kappa shape index (κ1) is 20.6. The maximum absolute atomic E-state index is 12.8. The number of aryl methyl sites for hydroxylation is 2. The van der Waals surface area contributed by atoms with E-state index in [0.717, 1.165) is 11.3 Å². The Kier molecular flexibility index (Phi) is 6.67. The summed E-state index contributed by atoms with van der Waals surface area (Å²) in [4.78, 5) is 29.7. The highest BCUT2D eigenvalue weighted by Crippen LogP contribution is 2.11. The van der Waals surface area contributed by atoms with E-state index in [9.17, 15) is 9.59 Å². The molecule has 0 saturated heterocycles. The Balaban J connectivity index is 1.71. The van der Waals surface area contributed by atoms with E-state index in [0.29, 0.717) is 28.7 Å². The topological polar surface area (TPSA) is 84.2 Å². The number of hydrogen-bond acceptors (Lipinski definition) is 4. The van der Waals surface area contributed by atoms with Crippen molar-refractivity contribution >= 4 is 23.4 Å². The van der Waals surface area contributed by atoms with Crippen LogP contribution in [0, 0.1) is 13.8 Å². The standard InChI is InChI=1S/C22H22ClN3O3/c1-14-15(2)29-20(25-14)13-24-22(28)19(12-16-6-4-3-5-7-16)26-21(27)17-8-10-18(23)11-9-17/h3-11,19H,12-13H2,1-2H3,(H,24,28)(H,26,27)/t19-/m1/s1. The Labute approximate surface area is 174 Å². The van der Waals surface area contributed by atoms with Crippen molar-refractivity contribution in [3.05, 3.63) is 88.1 Å². The minimum Gasteiger partial charge on any atom is -0.444 e. The molecule has 0 aliphatic rings. The average Bonchev–Trinajstić information content (AvgIpc) is 3.04. The third kappa shape index (κ3) is 5.68. The zero-order valence-electron chi connectivity index (χ0n) is 16.2. The number of aromatic nitrogens is 1. The summed E-state index contributed by atoms with van der Waals surface area (Å²) >= 11 is 5.88. The van der Waals surface area contributed by atoms with Gasteiger partial charge in [-0.1, -0.05) is 41.9 Å². The third-order valence-corrected chi connectivity index (χ3v) is 4.75. The van der Waals surface area contributed by atoms with E-state index in [2.05, 4.69) is 15.6 Å². The van der Waals surface area contributed by atoms with Crippen molar-refractivity contribution < 1.29 is 14.0 Å². The number of rotatable bonds is 7. The van der Waals surface area contributed by atoms with Crippen LogP contribution in [0.15, 0.2) is 59.0 Å². The number of oxazole rings is 1. The first-order valence-corrected chi connectivity index (χ1v) is 9.61. The van der Waals surface area contributed by atoms with Crippen LogP contribution in [0.2, 0.25) is 5.02 Å². The Hall–Kier alpha value is -3.12. The number of carbonyl (C=O) groups is 2. The van der Waals surface area contributed by atoms with Crippen LogP contribution in [0.4, 0.5) is 0 Å². The molecule has 3 rings (SSSR count). The van der Waals surface area contributed by atoms with Gasteiger partial charge in [-0.3, -0.25) is 9.59 Å². The molecule has 150 valence electrons. The van der Waals surface area contributed by atoms with E-state index in [-0.39, 0.29) is 18.4 Å². The molecular formula is C22H22ClN3O3. The van der Waals surface area contributed by atoms with E-state index in [1.165, 1.54) is 0 Å². The van der Waals surface area contributed by atoms with Crippen LogP contribution in [0.3, 0.4) is 0 Å². The number of halogens is 1. The zero-order valence-corrected chi connectivity index (χ0v) is 17.0. The van der Waals surface area contributed by atoms with Crippen molar-refractivity contribution in [3.8, 4) is 0 Å². The van der Waals surface area contributed by atoms with Gasteiger partial charge >= 0.3 is 0 Å². The first-order chi connectivity index (χ1) is 13.9. The number of hydrogen-bond donors (Lipinski definition) is 2. The van der Waals surface area contributed by atoms with Crippen LogP contribution < -0.4 is 10.6 Å². The third-order valence-electron chi connectivity index (χ3n) is 4.50. The van der Waals surface area contributed by atoms with E-state index < -0.39 is 6.04 Å². The molecule has 3 aromatic rings. The van der Waals surface area contributed by atoms with Crippen LogP contribution in [0.1, 0.15) is 33.3 Å². The number of carbonyl (C=O) groups excluding carboxylic acids is 2. The molecule has 7 heteroatoms. The van der Waals surface area contributed by atoms with Crippen LogP contribution >= 0.6 is 11.6 Å². The molecule has 2 amide bonds. The molecule has 6 nitrogen and oxygen atoms in total. The summed E-state index contributed by atoms with van der Waals surface area (Å²) in [5, 5.41) is 6.14. The van der Waals surface area contributed by atoms with Gasteiger partial charge in [0.1, 0.15) is 11.8 Å². The smallest absolute Gasteiger partial charge is 0.251 e. The molecule has 0 aliphatic heterocycles. The molecule has 2 aromatic carbocycles. The van der Waals surface area contributed by atoms with Crippen molar-refractivity contribution in [2.75, 3.05) is 0 Å². The second kappa shape index (κ2) is 9.39. The van der Waals surface area contributed by atoms with Gasteiger partial charge in [0.05, 0.1) is 12.2 Å². The molecular weight excluding hydrogens is 390 g/mol. The second-order valence-electron chi connectivity index (χ2n) is 6.69. The summed E-state index contributed by atoms with van der Waals surface area (Å²) in [6, 6.07) is 15.3. The monoisotopic (exact) mass is 411 g/mol. The first-order valence-electron chi connectivity index (χ1n) is 9.23. The Morgan fingerprint density at radius 2 is 1.76 bits per heavy atom. The van der Waals surface area contributed by atoms with Crippen molar-refractivity contribution in [2.24, 2.45) is 0 Å². The van der Waals surface area contributed by atoms with E-state index in [4.69, 9.17) is 16.0 Å². The summed E-state index contributed by atoms with van der Waals surface area (Å²) in [5.74, 6) is 0.479. The Morgan fingerprint density at radius 1 is 1.07 bits per heavy atom. The number of nitrogens with zero attached hydrogens (tertiary/aromatic N) is 1. The summed E-state index contributed by atoms with van der Waals surface area (Å²) in [6.07, 6.45) is 0.357. The molecule has 1 aromatic heterocycles. The van der Waals surface area contributed by atoms with Crippen LogP contribution in [0.25, 0.3) is 0 Å². The molecule has 2 N–H and O–H groups in total. The zero-order chi connectivity index (χ0) is 20.8. The maximum Gasteiger partial charge on any atom is 0.251 e. The number of amides is 2. The summed E-state index contributed by atoms with van der Waals surface area (Å²) in [7, 11) is 0. The highest BCUT2D eigenvalue weighted by molar-refractivity contribution is 6.30. The SMILES string of the molecule is Cc1nc(CNC(=O)[C@@H](Cc2ccccc2)NC(=O)c2ccc(Cl)cc2)oc1C. The fourth-order valence-electron chi connectivity index (χ4n) is 2.80. The van der Waals surface area contributed by atoms with E-state index >= 15 is 0 Å². The van der Waals surface area contributed by atoms with Gasteiger partial charge in [-0.25, -0.2) is 4.98 Å². The van der Waals surface area contributed by atoms with E-state index in [1.54, 1.807) is 24.3 Å². The molecule has 1 heterocycles. The molecule has 0 unspecified atom stereocenters. The molecule has 1 atom stereocenters. The van der Waals surface area contributed by atoms with Crippen LogP contribution in [-0.2, 0) is 17.8 Å². The van der Waals surface area contributed by atoms with Gasteiger partial charge in [0.2, 0.25) is 11.8 Å². The molecule has 0 fully saturated rings. The largest absolute Gasteiger partial charge is 0.444 e. The van der Waals surface area contributed by atoms with Gasteiger partial charge in [0.15, 0.2) is 0 Å². The average molecular weight is 412 g/mol. The lowest BCUT2D eigenvalue weighted by Gasteiger charge is -2.18. The maximum atomic E-state index is 12.8. The van der Waals surface area contributed by atoms with E-state index in [1.807, 2.05) is 44.2 Å². The minimum absolute atomic E-state index is 0.148. The fraction of sp³-hybridized carbons (Fsp3) is 0.227. The van der Waals surface area contributed by atoms with Crippen molar-refractivity contribution in [3.63, 3.8) is 0 Å². The highest BCUT2D eigenvalue weighted by atomic mass is 35.5. The van der Waals surface area contributed by atoms with Crippen molar-refractivity contribution in [2.45, 2.75) is 32.9 Å². The molecule has 0 radical (unpaired) electrons. The van der Waals surface area contributed by atoms with Gasteiger partial charge in [0.25, 0.3) is 5.91 Å². The van der Waals surface area contributed by atoms with Crippen LogP contribution in [0.5, 0.6) is 0 Å². The molecule has 29 heavy (non-hydrogen) atoms. The van der Waals surface area contributed by atoms with Crippen molar-refractivity contribution in [1.82, 2.24) is 15.6 Å². The summed E-state index contributed by atoms with van der Waals surface area (Å²) < 4.78 is 5.50. The minimum atomic E-state index is -0.752. The normalized spacial score (nSPS) is 11.7. The lowest BCUT2D eigenvalue weighted by atomic mass is 10.0. The lowest BCUT2D eigenvalue weighted by Crippen LogP contribution is -2.47. The van der Waals surface area contributed by atoms with Gasteiger partial charge in [-0.15, -0.1) is 0 Å². The highest BCUT2D eigenvalue weighted by Gasteiger charge is 2.22. The van der Waals surface area contributed by atoms with Crippen LogP contribution in [-0.4, -0.2) is 22.8 Å². The molecule has 0 bridgehead atoms. The Morgan fingerprint density at radius 3 is 2.38 bits per heavy atom. The van der Waals surface area contributed by atoms with Gasteiger partial charge < -0.3 is 15.1 Å². The predicted molar refractivity (Wildman–Crippen MR) is 111 cm³/mol. The Bertz CT molecular complexity index is 965. The van der Waals surface area contributed by atoms with Gasteiger partial charge in [-0.2, -0.15) is 0 Å². The quantitative estimate of drug-likeness (QED) is 0.622.